The minimum absolute atomic E-state index is 0.0916. The normalized spacial score (nSPS) is 20.6. The number of hydrogen-bond donors (Lipinski definition) is 3. The summed E-state index contributed by atoms with van der Waals surface area (Å²) in [6, 6.07) is 6.58. The molecule has 1 aromatic rings. The van der Waals surface area contributed by atoms with Crippen molar-refractivity contribution in [2.75, 3.05) is 24.5 Å². The number of carbonyl (C=O) groups is 2. The molecule has 1 amide bonds. The number of piperazine rings is 1. The minimum Gasteiger partial charge on any atom is -0.481 e. The van der Waals surface area contributed by atoms with E-state index in [4.69, 9.17) is 17.3 Å². The van der Waals surface area contributed by atoms with Crippen molar-refractivity contribution in [1.82, 2.24) is 4.90 Å². The molecule has 0 bridgehead atoms. The number of carboxylic acids is 1. The van der Waals surface area contributed by atoms with Gasteiger partial charge < -0.3 is 20.8 Å². The summed E-state index contributed by atoms with van der Waals surface area (Å²) in [5.74, 6) is -1.66. The van der Waals surface area contributed by atoms with Gasteiger partial charge in [0.15, 0.2) is 0 Å². The van der Waals surface area contributed by atoms with Crippen LogP contribution in [0.4, 0.5) is 5.69 Å². The quantitative estimate of drug-likeness (QED) is 0.603. The zero-order valence-electron chi connectivity index (χ0n) is 16.6. The summed E-state index contributed by atoms with van der Waals surface area (Å²) in [5.41, 5.74) is 6.45. The van der Waals surface area contributed by atoms with Gasteiger partial charge in [-0.1, -0.05) is 30.7 Å². The number of benzene rings is 1. The van der Waals surface area contributed by atoms with E-state index in [0.29, 0.717) is 30.2 Å². The average molecular weight is 412 g/mol. The van der Waals surface area contributed by atoms with Crippen LogP contribution in [0.15, 0.2) is 24.3 Å². The lowest BCUT2D eigenvalue weighted by molar-refractivity contribution is -0.143. The SMILES string of the molecule is CC[C@H](C[C@H](O)[C@@H](N)CN1CC(=O)N(c2ccccc2Cl)CC1(C)C)C(=O)O. The highest BCUT2D eigenvalue weighted by atomic mass is 35.5. The first kappa shape index (κ1) is 22.6. The number of para-hydroxylation sites is 1. The lowest BCUT2D eigenvalue weighted by Crippen LogP contribution is -2.64. The fraction of sp³-hybridized carbons (Fsp3) is 0.600. The van der Waals surface area contributed by atoms with Gasteiger partial charge in [-0.15, -0.1) is 0 Å². The number of amides is 1. The van der Waals surface area contributed by atoms with Crippen molar-refractivity contribution in [3.63, 3.8) is 0 Å². The van der Waals surface area contributed by atoms with E-state index >= 15 is 0 Å². The number of anilines is 1. The second-order valence-corrected chi connectivity index (χ2v) is 8.44. The highest BCUT2D eigenvalue weighted by molar-refractivity contribution is 6.33. The Morgan fingerprint density at radius 3 is 2.57 bits per heavy atom. The molecule has 7 nitrogen and oxygen atoms in total. The Kier molecular flexibility index (Phi) is 7.45. The lowest BCUT2D eigenvalue weighted by atomic mass is 9.93. The van der Waals surface area contributed by atoms with E-state index < -0.39 is 24.0 Å². The maximum Gasteiger partial charge on any atom is 0.306 e. The Labute approximate surface area is 171 Å². The van der Waals surface area contributed by atoms with Crippen molar-refractivity contribution >= 4 is 29.2 Å². The molecule has 1 aliphatic heterocycles. The first-order chi connectivity index (χ1) is 13.1. The molecule has 0 aromatic heterocycles. The summed E-state index contributed by atoms with van der Waals surface area (Å²) in [5, 5.41) is 20.1. The van der Waals surface area contributed by atoms with E-state index in [0.717, 1.165) is 0 Å². The van der Waals surface area contributed by atoms with Gasteiger partial charge in [0.2, 0.25) is 5.91 Å². The number of aliphatic hydroxyl groups is 1. The smallest absolute Gasteiger partial charge is 0.306 e. The maximum absolute atomic E-state index is 12.8. The van der Waals surface area contributed by atoms with Crippen LogP contribution in [0.3, 0.4) is 0 Å². The van der Waals surface area contributed by atoms with Crippen LogP contribution in [0, 0.1) is 5.92 Å². The molecule has 8 heteroatoms. The molecule has 1 saturated heterocycles. The second kappa shape index (κ2) is 9.22. The molecule has 3 atom stereocenters. The average Bonchev–Trinajstić information content (AvgIpc) is 2.62. The third-order valence-electron chi connectivity index (χ3n) is 5.47. The van der Waals surface area contributed by atoms with Crippen molar-refractivity contribution < 1.29 is 19.8 Å². The van der Waals surface area contributed by atoms with Gasteiger partial charge in [-0.05, 0) is 38.8 Å². The number of carbonyl (C=O) groups excluding carboxylic acids is 1. The first-order valence-electron chi connectivity index (χ1n) is 9.53. The first-order valence-corrected chi connectivity index (χ1v) is 9.91. The van der Waals surface area contributed by atoms with Crippen molar-refractivity contribution in [2.24, 2.45) is 11.7 Å². The maximum atomic E-state index is 12.8. The predicted octanol–water partition coefficient (Wildman–Crippen LogP) is 1.96. The fourth-order valence-corrected chi connectivity index (χ4v) is 3.76. The van der Waals surface area contributed by atoms with Crippen molar-refractivity contribution in [3.8, 4) is 0 Å². The highest BCUT2D eigenvalue weighted by Gasteiger charge is 2.40. The summed E-state index contributed by atoms with van der Waals surface area (Å²) < 4.78 is 0. The van der Waals surface area contributed by atoms with E-state index in [1.54, 1.807) is 17.9 Å². The summed E-state index contributed by atoms with van der Waals surface area (Å²) in [6.07, 6.45) is -0.422. The van der Waals surface area contributed by atoms with Crippen LogP contribution in [-0.2, 0) is 9.59 Å². The summed E-state index contributed by atoms with van der Waals surface area (Å²) >= 11 is 6.26. The van der Waals surface area contributed by atoms with Gasteiger partial charge >= 0.3 is 5.97 Å². The van der Waals surface area contributed by atoms with Crippen LogP contribution < -0.4 is 10.6 Å². The van der Waals surface area contributed by atoms with E-state index in [1.807, 2.05) is 36.9 Å². The van der Waals surface area contributed by atoms with Gasteiger partial charge in [0, 0.05) is 24.7 Å². The third kappa shape index (κ3) is 5.23. The minimum atomic E-state index is -0.950. The van der Waals surface area contributed by atoms with Crippen LogP contribution in [0.5, 0.6) is 0 Å². The Morgan fingerprint density at radius 1 is 1.36 bits per heavy atom. The van der Waals surface area contributed by atoms with Gasteiger partial charge in [0.05, 0.1) is 29.3 Å². The second-order valence-electron chi connectivity index (χ2n) is 8.03. The summed E-state index contributed by atoms with van der Waals surface area (Å²) in [4.78, 5) is 27.6. The van der Waals surface area contributed by atoms with Gasteiger partial charge in [-0.2, -0.15) is 0 Å². The molecule has 1 aliphatic rings. The largest absolute Gasteiger partial charge is 0.481 e. The predicted molar refractivity (Wildman–Crippen MR) is 109 cm³/mol. The molecule has 1 aromatic carbocycles. The molecule has 0 unspecified atom stereocenters. The van der Waals surface area contributed by atoms with Gasteiger partial charge in [-0.3, -0.25) is 14.5 Å². The molecule has 1 fully saturated rings. The lowest BCUT2D eigenvalue weighted by Gasteiger charge is -2.47. The van der Waals surface area contributed by atoms with Gasteiger partial charge in [0.1, 0.15) is 0 Å². The topological polar surface area (TPSA) is 107 Å². The number of rotatable bonds is 8. The summed E-state index contributed by atoms with van der Waals surface area (Å²) in [6.45, 7) is 6.67. The Bertz CT molecular complexity index is 712. The summed E-state index contributed by atoms with van der Waals surface area (Å²) in [7, 11) is 0. The van der Waals surface area contributed by atoms with Gasteiger partial charge in [0.25, 0.3) is 0 Å². The molecule has 0 radical (unpaired) electrons. The van der Waals surface area contributed by atoms with Crippen molar-refractivity contribution in [3.05, 3.63) is 29.3 Å². The van der Waals surface area contributed by atoms with Crippen LogP contribution in [0.1, 0.15) is 33.6 Å². The van der Waals surface area contributed by atoms with Crippen LogP contribution in [-0.4, -0.2) is 64.3 Å². The Balaban J connectivity index is 2.06. The standard InChI is InChI=1S/C20H30ClN3O4/c1-4-13(19(27)28)9-17(25)15(22)10-23-11-18(26)24(12-20(23,2)3)16-8-6-5-7-14(16)21/h5-8,13,15,17,25H,4,9-12,22H2,1-3H3,(H,27,28)/t13-,15+,17+/m1/s1. The van der Waals surface area contributed by atoms with Crippen LogP contribution in [0.25, 0.3) is 0 Å². The number of aliphatic hydroxyl groups excluding tert-OH is 1. The molecule has 156 valence electrons. The molecule has 2 rings (SSSR count). The molecule has 0 spiro atoms. The number of aliphatic carboxylic acids is 1. The van der Waals surface area contributed by atoms with E-state index in [2.05, 4.69) is 0 Å². The zero-order chi connectivity index (χ0) is 21.1. The Hall–Kier alpha value is -1.67. The third-order valence-corrected chi connectivity index (χ3v) is 5.78. The number of nitrogens with zero attached hydrogens (tertiary/aromatic N) is 2. The molecular formula is C20H30ClN3O4. The monoisotopic (exact) mass is 411 g/mol. The van der Waals surface area contributed by atoms with E-state index in [-0.39, 0.29) is 24.4 Å². The molecule has 0 saturated carbocycles. The van der Waals surface area contributed by atoms with Gasteiger partial charge in [-0.25, -0.2) is 0 Å². The number of hydrogen-bond acceptors (Lipinski definition) is 5. The van der Waals surface area contributed by atoms with Crippen molar-refractivity contribution in [2.45, 2.75) is 51.3 Å². The van der Waals surface area contributed by atoms with Crippen LogP contribution in [0.2, 0.25) is 5.02 Å². The fourth-order valence-electron chi connectivity index (χ4n) is 3.52. The highest BCUT2D eigenvalue weighted by Crippen LogP contribution is 2.31. The molecule has 1 heterocycles. The zero-order valence-corrected chi connectivity index (χ0v) is 17.4. The molecule has 28 heavy (non-hydrogen) atoms. The van der Waals surface area contributed by atoms with E-state index in [1.165, 1.54) is 0 Å². The van der Waals surface area contributed by atoms with Crippen molar-refractivity contribution in [1.29, 1.82) is 0 Å². The number of carboxylic acid groups (broad SMARTS) is 1. The molecular weight excluding hydrogens is 382 g/mol. The number of nitrogens with two attached hydrogens (primary N) is 1. The molecule has 4 N–H and O–H groups in total. The molecule has 0 aliphatic carbocycles. The van der Waals surface area contributed by atoms with E-state index in [9.17, 15) is 19.8 Å². The van der Waals surface area contributed by atoms with Crippen LogP contribution >= 0.6 is 11.6 Å². The Morgan fingerprint density at radius 2 is 2.00 bits per heavy atom. The number of halogens is 1.